The van der Waals surface area contributed by atoms with Crippen LogP contribution in [0.4, 0.5) is 0 Å². The van der Waals surface area contributed by atoms with E-state index in [1.807, 2.05) is 12.1 Å². The van der Waals surface area contributed by atoms with Crippen molar-refractivity contribution in [1.82, 2.24) is 9.88 Å². The van der Waals surface area contributed by atoms with E-state index in [9.17, 15) is 0 Å². The summed E-state index contributed by atoms with van der Waals surface area (Å²) in [6, 6.07) is 27.2. The van der Waals surface area contributed by atoms with Crippen LogP contribution in [0.1, 0.15) is 16.7 Å². The number of rotatable bonds is 6. The third kappa shape index (κ3) is 3.82. The summed E-state index contributed by atoms with van der Waals surface area (Å²) in [5.74, 6) is 0. The topological polar surface area (TPSA) is 17.0 Å². The van der Waals surface area contributed by atoms with Gasteiger partial charge in [-0.3, -0.25) is 0 Å². The molecule has 1 N–H and O–H groups in total. The van der Waals surface area contributed by atoms with Gasteiger partial charge in [0.1, 0.15) is 0 Å². The highest BCUT2D eigenvalue weighted by Gasteiger charge is 2.08. The van der Waals surface area contributed by atoms with Crippen LogP contribution in [-0.4, -0.2) is 4.57 Å². The molecule has 4 aromatic rings. The molecule has 2 nitrogen and oxygen atoms in total. The minimum absolute atomic E-state index is 0.776. The lowest BCUT2D eigenvalue weighted by Gasteiger charge is -2.05. The van der Waals surface area contributed by atoms with Gasteiger partial charge >= 0.3 is 0 Å². The second-order valence-electron chi connectivity index (χ2n) is 6.52. The zero-order chi connectivity index (χ0) is 17.8. The number of hydrogen-bond acceptors (Lipinski definition) is 1. The average Bonchev–Trinajstić information content (AvgIpc) is 3.02. The van der Waals surface area contributed by atoms with Gasteiger partial charge in [0, 0.05) is 41.8 Å². The molecule has 3 aromatic carbocycles. The maximum Gasteiger partial charge on any atom is 0.0486 e. The molecule has 0 spiro atoms. The lowest BCUT2D eigenvalue weighted by molar-refractivity contribution is 0.692. The molecular weight excluding hydrogens is 340 g/mol. The molecule has 26 heavy (non-hydrogen) atoms. The molecule has 1 aromatic heterocycles. The van der Waals surface area contributed by atoms with E-state index in [1.54, 1.807) is 0 Å². The summed E-state index contributed by atoms with van der Waals surface area (Å²) in [6.45, 7) is 2.55. The molecule has 0 aliphatic heterocycles. The van der Waals surface area contributed by atoms with E-state index >= 15 is 0 Å². The van der Waals surface area contributed by atoms with Crippen molar-refractivity contribution in [3.63, 3.8) is 0 Å². The molecule has 0 atom stereocenters. The molecule has 3 heteroatoms. The summed E-state index contributed by atoms with van der Waals surface area (Å²) in [5, 5.41) is 5.64. The van der Waals surface area contributed by atoms with Crippen LogP contribution in [0, 0.1) is 0 Å². The fraction of sp³-hybridized carbons (Fsp3) is 0.130. The maximum absolute atomic E-state index is 5.95. The normalized spacial score (nSPS) is 11.1. The lowest BCUT2D eigenvalue weighted by Crippen LogP contribution is -2.12. The molecular formula is C23H21ClN2. The molecule has 0 fully saturated rings. The van der Waals surface area contributed by atoms with Crippen molar-refractivity contribution in [2.45, 2.75) is 19.6 Å². The summed E-state index contributed by atoms with van der Waals surface area (Å²) in [4.78, 5) is 0. The van der Waals surface area contributed by atoms with Crippen molar-refractivity contribution in [3.05, 3.63) is 107 Å². The predicted molar refractivity (Wildman–Crippen MR) is 109 cm³/mol. The highest BCUT2D eigenvalue weighted by atomic mass is 35.5. The van der Waals surface area contributed by atoms with Crippen LogP contribution < -0.4 is 5.32 Å². The molecule has 1 heterocycles. The van der Waals surface area contributed by atoms with E-state index in [0.29, 0.717) is 0 Å². The Kier molecular flexibility index (Phi) is 5.05. The Hall–Kier alpha value is -2.55. The fourth-order valence-electron chi connectivity index (χ4n) is 3.32. The van der Waals surface area contributed by atoms with Gasteiger partial charge in [-0.25, -0.2) is 0 Å². The van der Waals surface area contributed by atoms with Crippen LogP contribution in [0.25, 0.3) is 10.9 Å². The van der Waals surface area contributed by atoms with Crippen molar-refractivity contribution >= 4 is 22.5 Å². The first-order valence-corrected chi connectivity index (χ1v) is 9.23. The number of aromatic nitrogens is 1. The zero-order valence-electron chi connectivity index (χ0n) is 14.5. The van der Waals surface area contributed by atoms with E-state index in [1.165, 1.54) is 27.6 Å². The SMILES string of the molecule is Clc1ccc(CNCc2cn(Cc3ccccc3)c3ccccc23)cc1. The van der Waals surface area contributed by atoms with Crippen molar-refractivity contribution in [3.8, 4) is 0 Å². The van der Waals surface area contributed by atoms with Gasteiger partial charge in [0.25, 0.3) is 0 Å². The van der Waals surface area contributed by atoms with E-state index in [-0.39, 0.29) is 0 Å². The molecule has 0 saturated heterocycles. The van der Waals surface area contributed by atoms with E-state index in [0.717, 1.165) is 24.7 Å². The average molecular weight is 361 g/mol. The number of hydrogen-bond donors (Lipinski definition) is 1. The lowest BCUT2D eigenvalue weighted by atomic mass is 10.1. The minimum Gasteiger partial charge on any atom is -0.343 e. The van der Waals surface area contributed by atoms with Gasteiger partial charge in [0.15, 0.2) is 0 Å². The molecule has 0 aliphatic carbocycles. The second kappa shape index (κ2) is 7.77. The minimum atomic E-state index is 0.776. The standard InChI is InChI=1S/C23H21ClN2/c24-21-12-10-18(11-13-21)14-25-15-20-17-26(16-19-6-2-1-3-7-19)23-9-5-4-8-22(20)23/h1-13,17,25H,14-16H2. The third-order valence-electron chi connectivity index (χ3n) is 4.62. The third-order valence-corrected chi connectivity index (χ3v) is 4.88. The van der Waals surface area contributed by atoms with Gasteiger partial charge in [-0.1, -0.05) is 72.3 Å². The van der Waals surface area contributed by atoms with Crippen molar-refractivity contribution in [2.24, 2.45) is 0 Å². The van der Waals surface area contributed by atoms with Gasteiger partial charge in [-0.05, 0) is 34.9 Å². The Morgan fingerprint density at radius 1 is 0.731 bits per heavy atom. The van der Waals surface area contributed by atoms with Crippen LogP contribution >= 0.6 is 11.6 Å². The molecule has 0 aliphatic rings. The number of halogens is 1. The quantitative estimate of drug-likeness (QED) is 0.471. The van der Waals surface area contributed by atoms with E-state index in [2.05, 4.69) is 82.8 Å². The summed E-state index contributed by atoms with van der Waals surface area (Å²) >= 11 is 5.95. The van der Waals surface area contributed by atoms with Crippen LogP contribution in [0.2, 0.25) is 5.02 Å². The summed E-state index contributed by atoms with van der Waals surface area (Å²) < 4.78 is 2.34. The van der Waals surface area contributed by atoms with Crippen molar-refractivity contribution < 1.29 is 0 Å². The van der Waals surface area contributed by atoms with E-state index < -0.39 is 0 Å². The molecule has 0 bridgehead atoms. The van der Waals surface area contributed by atoms with Crippen LogP contribution in [0.15, 0.2) is 85.1 Å². The molecule has 0 radical (unpaired) electrons. The Bertz CT molecular complexity index is 988. The van der Waals surface area contributed by atoms with E-state index in [4.69, 9.17) is 11.6 Å². The molecule has 0 unspecified atom stereocenters. The number of fused-ring (bicyclic) bond motifs is 1. The molecule has 4 rings (SSSR count). The number of benzene rings is 3. The fourth-order valence-corrected chi connectivity index (χ4v) is 3.44. The number of nitrogens with one attached hydrogen (secondary N) is 1. The maximum atomic E-state index is 5.95. The Labute approximate surface area is 159 Å². The van der Waals surface area contributed by atoms with Gasteiger partial charge < -0.3 is 9.88 Å². The molecule has 0 saturated carbocycles. The van der Waals surface area contributed by atoms with Gasteiger partial charge in [-0.15, -0.1) is 0 Å². The van der Waals surface area contributed by atoms with Crippen molar-refractivity contribution in [1.29, 1.82) is 0 Å². The summed E-state index contributed by atoms with van der Waals surface area (Å²) in [6.07, 6.45) is 2.27. The molecule has 130 valence electrons. The summed E-state index contributed by atoms with van der Waals surface area (Å²) in [7, 11) is 0. The number of para-hydroxylation sites is 1. The highest BCUT2D eigenvalue weighted by Crippen LogP contribution is 2.22. The first-order valence-electron chi connectivity index (χ1n) is 8.85. The number of nitrogens with zero attached hydrogens (tertiary/aromatic N) is 1. The largest absolute Gasteiger partial charge is 0.343 e. The zero-order valence-corrected chi connectivity index (χ0v) is 15.3. The Morgan fingerprint density at radius 2 is 1.46 bits per heavy atom. The molecule has 0 amide bonds. The highest BCUT2D eigenvalue weighted by molar-refractivity contribution is 6.30. The monoisotopic (exact) mass is 360 g/mol. The van der Waals surface area contributed by atoms with Crippen LogP contribution in [0.3, 0.4) is 0 Å². The smallest absolute Gasteiger partial charge is 0.0486 e. The van der Waals surface area contributed by atoms with Gasteiger partial charge in [-0.2, -0.15) is 0 Å². The van der Waals surface area contributed by atoms with Crippen LogP contribution in [0.5, 0.6) is 0 Å². The first-order chi connectivity index (χ1) is 12.8. The Balaban J connectivity index is 1.52. The van der Waals surface area contributed by atoms with Gasteiger partial charge in [0.2, 0.25) is 0 Å². The summed E-state index contributed by atoms with van der Waals surface area (Å²) in [5.41, 5.74) is 5.15. The first kappa shape index (κ1) is 16.9. The van der Waals surface area contributed by atoms with Crippen LogP contribution in [-0.2, 0) is 19.6 Å². The second-order valence-corrected chi connectivity index (χ2v) is 6.95. The Morgan fingerprint density at radius 3 is 2.27 bits per heavy atom. The van der Waals surface area contributed by atoms with Gasteiger partial charge in [0.05, 0.1) is 0 Å². The van der Waals surface area contributed by atoms with Crippen molar-refractivity contribution in [2.75, 3.05) is 0 Å². The predicted octanol–water partition coefficient (Wildman–Crippen LogP) is 5.63.